The molecule has 3 heterocycles. The first-order valence-electron chi connectivity index (χ1n) is 7.56. The molecule has 0 radical (unpaired) electrons. The molecule has 0 aliphatic carbocycles. The van der Waals surface area contributed by atoms with Crippen LogP contribution in [0.4, 0.5) is 0 Å². The zero-order chi connectivity index (χ0) is 15.0. The molecule has 1 N–H and O–H groups in total. The fourth-order valence-electron chi connectivity index (χ4n) is 3.95. The molecule has 0 spiro atoms. The molecule has 3 rings (SSSR count). The van der Waals surface area contributed by atoms with Crippen molar-refractivity contribution in [1.29, 1.82) is 0 Å². The molecular formula is C13H22N2O5S. The SMILES string of the molecule is O=C(O)CC1CC2CCC(C1)N2S(=O)(=O)N1CCOCC1. The van der Waals surface area contributed by atoms with E-state index in [9.17, 15) is 13.2 Å². The second-order valence-electron chi connectivity index (χ2n) is 6.17. The first kappa shape index (κ1) is 15.2. The largest absolute Gasteiger partial charge is 0.481 e. The van der Waals surface area contributed by atoms with Crippen molar-refractivity contribution in [1.82, 2.24) is 8.61 Å². The number of piperidine rings is 1. The summed E-state index contributed by atoms with van der Waals surface area (Å²) >= 11 is 0. The summed E-state index contributed by atoms with van der Waals surface area (Å²) in [5.74, 6) is -0.681. The Balaban J connectivity index is 1.73. The fourth-order valence-corrected chi connectivity index (χ4v) is 5.96. The first-order valence-corrected chi connectivity index (χ1v) is 8.96. The van der Waals surface area contributed by atoms with E-state index in [1.54, 1.807) is 4.31 Å². The van der Waals surface area contributed by atoms with Crippen molar-refractivity contribution in [3.63, 3.8) is 0 Å². The molecule has 2 bridgehead atoms. The van der Waals surface area contributed by atoms with Gasteiger partial charge in [0.25, 0.3) is 10.2 Å². The van der Waals surface area contributed by atoms with Gasteiger partial charge in [-0.25, -0.2) is 0 Å². The number of ether oxygens (including phenoxy) is 1. The van der Waals surface area contributed by atoms with E-state index in [4.69, 9.17) is 9.84 Å². The number of morpholine rings is 1. The Morgan fingerprint density at radius 1 is 1.14 bits per heavy atom. The number of aliphatic carboxylic acids is 1. The Morgan fingerprint density at radius 3 is 2.24 bits per heavy atom. The Bertz CT molecular complexity index is 489. The number of carbonyl (C=O) groups is 1. The number of hydrogen-bond donors (Lipinski definition) is 1. The molecule has 0 aromatic rings. The third-order valence-corrected chi connectivity index (χ3v) is 6.94. The smallest absolute Gasteiger partial charge is 0.303 e. The lowest BCUT2D eigenvalue weighted by Gasteiger charge is -2.40. The van der Waals surface area contributed by atoms with Gasteiger partial charge in [0.2, 0.25) is 0 Å². The molecule has 2 atom stereocenters. The average molecular weight is 318 g/mol. The van der Waals surface area contributed by atoms with Crippen molar-refractivity contribution in [2.24, 2.45) is 5.92 Å². The number of hydrogen-bond acceptors (Lipinski definition) is 4. The van der Waals surface area contributed by atoms with E-state index in [0.29, 0.717) is 39.1 Å². The van der Waals surface area contributed by atoms with Gasteiger partial charge >= 0.3 is 5.97 Å². The highest BCUT2D eigenvalue weighted by molar-refractivity contribution is 7.86. The standard InChI is InChI=1S/C13H22N2O5S/c16-13(17)9-10-7-11-1-2-12(8-10)15(11)21(18,19)14-3-5-20-6-4-14/h10-12H,1-9H2,(H,16,17). The fraction of sp³-hybridized carbons (Fsp3) is 0.923. The summed E-state index contributed by atoms with van der Waals surface area (Å²) in [5.41, 5.74) is 0. The molecule has 3 saturated heterocycles. The molecule has 7 nitrogen and oxygen atoms in total. The molecule has 8 heteroatoms. The van der Waals surface area contributed by atoms with Crippen LogP contribution in [0.5, 0.6) is 0 Å². The van der Waals surface area contributed by atoms with Crippen LogP contribution in [-0.2, 0) is 19.7 Å². The molecule has 0 aromatic heterocycles. The summed E-state index contributed by atoms with van der Waals surface area (Å²) in [7, 11) is -3.43. The zero-order valence-electron chi connectivity index (χ0n) is 12.0. The molecule has 3 aliphatic heterocycles. The van der Waals surface area contributed by atoms with Crippen molar-refractivity contribution in [3.8, 4) is 0 Å². The lowest BCUT2D eigenvalue weighted by Crippen LogP contribution is -2.54. The molecule has 21 heavy (non-hydrogen) atoms. The Labute approximate surface area is 125 Å². The highest BCUT2D eigenvalue weighted by Crippen LogP contribution is 2.42. The molecule has 0 aromatic carbocycles. The maximum Gasteiger partial charge on any atom is 0.303 e. The topological polar surface area (TPSA) is 87.2 Å². The van der Waals surface area contributed by atoms with Crippen molar-refractivity contribution in [3.05, 3.63) is 0 Å². The van der Waals surface area contributed by atoms with Crippen LogP contribution in [0, 0.1) is 5.92 Å². The van der Waals surface area contributed by atoms with Gasteiger partial charge in [-0.2, -0.15) is 17.0 Å². The normalized spacial score (nSPS) is 35.0. The van der Waals surface area contributed by atoms with Crippen LogP contribution in [0.3, 0.4) is 0 Å². The average Bonchev–Trinajstić information content (AvgIpc) is 2.72. The van der Waals surface area contributed by atoms with Crippen molar-refractivity contribution in [2.75, 3.05) is 26.3 Å². The van der Waals surface area contributed by atoms with E-state index in [0.717, 1.165) is 12.8 Å². The highest BCUT2D eigenvalue weighted by atomic mass is 32.2. The van der Waals surface area contributed by atoms with Crippen molar-refractivity contribution in [2.45, 2.75) is 44.2 Å². The summed E-state index contributed by atoms with van der Waals surface area (Å²) in [4.78, 5) is 10.9. The van der Waals surface area contributed by atoms with Gasteiger partial charge in [-0.3, -0.25) is 4.79 Å². The van der Waals surface area contributed by atoms with Gasteiger partial charge < -0.3 is 9.84 Å². The monoisotopic (exact) mass is 318 g/mol. The van der Waals surface area contributed by atoms with Crippen LogP contribution in [0.2, 0.25) is 0 Å². The second-order valence-corrected chi connectivity index (χ2v) is 8.00. The summed E-state index contributed by atoms with van der Waals surface area (Å²) in [6.45, 7) is 1.72. The Hall–Kier alpha value is -0.700. The van der Waals surface area contributed by atoms with Crippen molar-refractivity contribution < 1.29 is 23.1 Å². The Morgan fingerprint density at radius 2 is 1.71 bits per heavy atom. The van der Waals surface area contributed by atoms with E-state index in [2.05, 4.69) is 0 Å². The number of nitrogens with zero attached hydrogens (tertiary/aromatic N) is 2. The second kappa shape index (κ2) is 5.83. The van der Waals surface area contributed by atoms with Crippen LogP contribution in [0.15, 0.2) is 0 Å². The van der Waals surface area contributed by atoms with Crippen LogP contribution >= 0.6 is 0 Å². The zero-order valence-corrected chi connectivity index (χ0v) is 12.8. The minimum absolute atomic E-state index is 0.0269. The van der Waals surface area contributed by atoms with E-state index >= 15 is 0 Å². The highest BCUT2D eigenvalue weighted by Gasteiger charge is 2.48. The van der Waals surface area contributed by atoms with Gasteiger partial charge in [-0.15, -0.1) is 0 Å². The van der Waals surface area contributed by atoms with Gasteiger partial charge in [-0.05, 0) is 31.6 Å². The predicted molar refractivity (Wildman–Crippen MR) is 74.9 cm³/mol. The first-order chi connectivity index (χ1) is 9.98. The number of carboxylic acids is 1. The third-order valence-electron chi connectivity index (χ3n) is 4.79. The van der Waals surface area contributed by atoms with Crippen LogP contribution in [-0.4, -0.2) is 66.5 Å². The molecule has 0 amide bonds. The molecule has 3 fully saturated rings. The molecule has 120 valence electrons. The van der Waals surface area contributed by atoms with Gasteiger partial charge in [0, 0.05) is 31.6 Å². The van der Waals surface area contributed by atoms with E-state index in [1.165, 1.54) is 4.31 Å². The van der Waals surface area contributed by atoms with E-state index in [-0.39, 0.29) is 24.4 Å². The van der Waals surface area contributed by atoms with Gasteiger partial charge in [0.1, 0.15) is 0 Å². The molecule has 2 unspecified atom stereocenters. The number of rotatable bonds is 4. The van der Waals surface area contributed by atoms with Gasteiger partial charge in [0.15, 0.2) is 0 Å². The van der Waals surface area contributed by atoms with Crippen molar-refractivity contribution >= 4 is 16.2 Å². The lowest BCUT2D eigenvalue weighted by atomic mass is 9.90. The lowest BCUT2D eigenvalue weighted by molar-refractivity contribution is -0.138. The summed E-state index contributed by atoms with van der Waals surface area (Å²) < 4.78 is 34.0. The molecule has 3 aliphatic rings. The van der Waals surface area contributed by atoms with E-state index in [1.807, 2.05) is 0 Å². The summed E-state index contributed by atoms with van der Waals surface area (Å²) in [5, 5.41) is 8.93. The molecular weight excluding hydrogens is 296 g/mol. The van der Waals surface area contributed by atoms with Crippen LogP contribution < -0.4 is 0 Å². The maximum absolute atomic E-state index is 12.8. The third kappa shape index (κ3) is 2.94. The van der Waals surface area contributed by atoms with Gasteiger partial charge in [-0.1, -0.05) is 0 Å². The Kier molecular flexibility index (Phi) is 4.22. The maximum atomic E-state index is 12.8. The van der Waals surface area contributed by atoms with Crippen LogP contribution in [0.1, 0.15) is 32.1 Å². The minimum atomic E-state index is -3.43. The summed E-state index contributed by atoms with van der Waals surface area (Å²) in [6.07, 6.45) is 3.20. The molecule has 0 saturated carbocycles. The quantitative estimate of drug-likeness (QED) is 0.804. The minimum Gasteiger partial charge on any atom is -0.481 e. The van der Waals surface area contributed by atoms with Gasteiger partial charge in [0.05, 0.1) is 13.2 Å². The summed E-state index contributed by atoms with van der Waals surface area (Å²) in [6, 6.07) is -0.0538. The predicted octanol–water partition coefficient (Wildman–Crippen LogP) is 0.281. The number of carboxylic acid groups (broad SMARTS) is 1. The van der Waals surface area contributed by atoms with E-state index < -0.39 is 16.2 Å². The van der Waals surface area contributed by atoms with Crippen LogP contribution in [0.25, 0.3) is 0 Å². The number of fused-ring (bicyclic) bond motifs is 2.